The Hall–Kier alpha value is -2.87. The zero-order valence-electron chi connectivity index (χ0n) is 14.7. The highest BCUT2D eigenvalue weighted by molar-refractivity contribution is 7.15. The third kappa shape index (κ3) is 4.40. The molecule has 8 heteroatoms. The molecule has 1 aromatic carbocycles. The number of ether oxygens (including phenoxy) is 3. The molecular weight excluding hydrogens is 358 g/mol. The van der Waals surface area contributed by atoms with Crippen LogP contribution in [-0.2, 0) is 9.47 Å². The second kappa shape index (κ2) is 9.00. The third-order valence-electron chi connectivity index (χ3n) is 3.32. The molecule has 0 fully saturated rings. The Morgan fingerprint density at radius 1 is 1.08 bits per heavy atom. The van der Waals surface area contributed by atoms with Gasteiger partial charge in [0.05, 0.1) is 25.9 Å². The first-order valence-electron chi connectivity index (χ1n) is 7.92. The van der Waals surface area contributed by atoms with Crippen molar-refractivity contribution in [3.63, 3.8) is 0 Å². The summed E-state index contributed by atoms with van der Waals surface area (Å²) in [6, 6.07) is 6.57. The van der Waals surface area contributed by atoms with Crippen molar-refractivity contribution in [1.82, 2.24) is 0 Å². The van der Waals surface area contributed by atoms with E-state index in [9.17, 15) is 14.4 Å². The highest BCUT2D eigenvalue weighted by atomic mass is 32.1. The van der Waals surface area contributed by atoms with E-state index in [0.717, 1.165) is 11.3 Å². The van der Waals surface area contributed by atoms with Crippen molar-refractivity contribution in [2.24, 2.45) is 0 Å². The van der Waals surface area contributed by atoms with Crippen molar-refractivity contribution in [2.45, 2.75) is 13.8 Å². The molecule has 2 rings (SSSR count). The average Bonchev–Trinajstić information content (AvgIpc) is 3.06. The number of thiophene rings is 1. The molecule has 0 aliphatic carbocycles. The molecule has 1 N–H and O–H groups in total. The topological polar surface area (TPSA) is 90.9 Å². The summed E-state index contributed by atoms with van der Waals surface area (Å²) in [6.45, 7) is 3.63. The van der Waals surface area contributed by atoms with Crippen LogP contribution in [0.3, 0.4) is 0 Å². The number of carbonyl (C=O) groups is 3. The Kier molecular flexibility index (Phi) is 6.74. The van der Waals surface area contributed by atoms with Gasteiger partial charge in [0, 0.05) is 10.9 Å². The number of carbonyl (C=O) groups excluding carboxylic acids is 3. The zero-order chi connectivity index (χ0) is 19.1. The number of rotatable bonds is 7. The molecule has 0 spiro atoms. The van der Waals surface area contributed by atoms with Gasteiger partial charge in [0.15, 0.2) is 0 Å². The van der Waals surface area contributed by atoms with E-state index < -0.39 is 17.8 Å². The fourth-order valence-electron chi connectivity index (χ4n) is 2.15. The Morgan fingerprint density at radius 2 is 1.77 bits per heavy atom. The molecule has 26 heavy (non-hydrogen) atoms. The molecule has 1 amide bonds. The molecule has 2 aromatic rings. The number of esters is 2. The number of amides is 1. The van der Waals surface area contributed by atoms with Gasteiger partial charge in [-0.3, -0.25) is 4.79 Å². The van der Waals surface area contributed by atoms with Gasteiger partial charge in [0.25, 0.3) is 5.91 Å². The quantitative estimate of drug-likeness (QED) is 0.744. The van der Waals surface area contributed by atoms with Crippen molar-refractivity contribution in [3.8, 4) is 5.75 Å². The van der Waals surface area contributed by atoms with E-state index in [1.54, 1.807) is 38.1 Å². The predicted octanol–water partition coefficient (Wildman–Crippen LogP) is 3.36. The molecule has 7 nitrogen and oxygen atoms in total. The lowest BCUT2D eigenvalue weighted by molar-refractivity contribution is 0.0481. The summed E-state index contributed by atoms with van der Waals surface area (Å²) in [6.07, 6.45) is 0. The van der Waals surface area contributed by atoms with Gasteiger partial charge in [0.1, 0.15) is 16.3 Å². The van der Waals surface area contributed by atoms with Crippen LogP contribution in [0, 0.1) is 0 Å². The Morgan fingerprint density at radius 3 is 2.42 bits per heavy atom. The monoisotopic (exact) mass is 377 g/mol. The third-order valence-corrected chi connectivity index (χ3v) is 4.22. The Labute approximate surface area is 154 Å². The van der Waals surface area contributed by atoms with Crippen molar-refractivity contribution >= 4 is 34.2 Å². The molecule has 0 saturated carbocycles. The van der Waals surface area contributed by atoms with E-state index in [1.165, 1.54) is 12.5 Å². The predicted molar refractivity (Wildman–Crippen MR) is 97.2 cm³/mol. The molecule has 0 atom stereocenters. The molecule has 0 aliphatic rings. The maximum Gasteiger partial charge on any atom is 0.342 e. The minimum atomic E-state index is -0.697. The molecule has 1 heterocycles. The maximum atomic E-state index is 12.5. The van der Waals surface area contributed by atoms with E-state index in [0.29, 0.717) is 11.3 Å². The second-order valence-corrected chi connectivity index (χ2v) is 5.86. The van der Waals surface area contributed by atoms with Crippen LogP contribution in [0.5, 0.6) is 5.75 Å². The lowest BCUT2D eigenvalue weighted by atomic mass is 10.1. The molecular formula is C18H19NO6S. The Bertz CT molecular complexity index is 814. The second-order valence-electron chi connectivity index (χ2n) is 4.98. The van der Waals surface area contributed by atoms with Crippen LogP contribution in [0.1, 0.15) is 44.9 Å². The van der Waals surface area contributed by atoms with Crippen LogP contribution in [0.15, 0.2) is 29.6 Å². The molecule has 0 unspecified atom stereocenters. The van der Waals surface area contributed by atoms with Crippen LogP contribution in [0.4, 0.5) is 5.00 Å². The van der Waals surface area contributed by atoms with E-state index in [2.05, 4.69) is 5.32 Å². The van der Waals surface area contributed by atoms with Crippen molar-refractivity contribution < 1.29 is 28.6 Å². The number of methoxy groups -OCH3 is 1. The highest BCUT2D eigenvalue weighted by Gasteiger charge is 2.26. The smallest absolute Gasteiger partial charge is 0.342 e. The first-order valence-corrected chi connectivity index (χ1v) is 8.80. The maximum absolute atomic E-state index is 12.5. The van der Waals surface area contributed by atoms with Crippen molar-refractivity contribution in [2.75, 3.05) is 25.6 Å². The summed E-state index contributed by atoms with van der Waals surface area (Å²) in [5, 5.41) is 4.34. The van der Waals surface area contributed by atoms with Crippen LogP contribution in [0.25, 0.3) is 0 Å². The molecule has 0 bridgehead atoms. The van der Waals surface area contributed by atoms with Crippen LogP contribution in [-0.4, -0.2) is 38.2 Å². The van der Waals surface area contributed by atoms with E-state index in [4.69, 9.17) is 14.2 Å². The molecule has 0 aliphatic heterocycles. The highest BCUT2D eigenvalue weighted by Crippen LogP contribution is 2.30. The van der Waals surface area contributed by atoms with Gasteiger partial charge in [-0.2, -0.15) is 0 Å². The van der Waals surface area contributed by atoms with E-state index in [-0.39, 0.29) is 29.3 Å². The summed E-state index contributed by atoms with van der Waals surface area (Å²) in [5.41, 5.74) is 0.410. The molecule has 138 valence electrons. The minimum absolute atomic E-state index is 0.00783. The first-order chi connectivity index (χ1) is 12.5. The number of nitrogens with one attached hydrogen (secondary N) is 1. The van der Waals surface area contributed by atoms with Gasteiger partial charge in [-0.1, -0.05) is 6.07 Å². The summed E-state index contributed by atoms with van der Waals surface area (Å²) >= 11 is 1.05. The van der Waals surface area contributed by atoms with Gasteiger partial charge in [-0.25, -0.2) is 9.59 Å². The lowest BCUT2D eigenvalue weighted by Crippen LogP contribution is -2.17. The molecule has 0 saturated heterocycles. The lowest BCUT2D eigenvalue weighted by Gasteiger charge is -2.09. The summed E-state index contributed by atoms with van der Waals surface area (Å²) in [7, 11) is 1.50. The summed E-state index contributed by atoms with van der Waals surface area (Å²) in [5.74, 6) is -1.25. The van der Waals surface area contributed by atoms with Gasteiger partial charge < -0.3 is 19.5 Å². The van der Waals surface area contributed by atoms with E-state index in [1.807, 2.05) is 0 Å². The zero-order valence-corrected chi connectivity index (χ0v) is 15.5. The van der Waals surface area contributed by atoms with E-state index >= 15 is 0 Å². The van der Waals surface area contributed by atoms with Crippen molar-refractivity contribution in [1.29, 1.82) is 0 Å². The Balaban J connectivity index is 2.34. The van der Waals surface area contributed by atoms with Gasteiger partial charge >= 0.3 is 11.9 Å². The van der Waals surface area contributed by atoms with Crippen molar-refractivity contribution in [3.05, 3.63) is 46.3 Å². The number of benzene rings is 1. The standard InChI is InChI=1S/C18H19NO6S/c1-4-24-17(21)13-10-26-16(14(13)18(22)25-5-2)19-15(20)11-7-6-8-12(9-11)23-3/h6-10H,4-5H2,1-3H3,(H,19,20). The average molecular weight is 377 g/mol. The molecule has 0 radical (unpaired) electrons. The first kappa shape index (κ1) is 19.5. The molecule has 1 aromatic heterocycles. The number of hydrogen-bond acceptors (Lipinski definition) is 7. The fourth-order valence-corrected chi connectivity index (χ4v) is 3.07. The SMILES string of the molecule is CCOC(=O)c1csc(NC(=O)c2cccc(OC)c2)c1C(=O)OCC. The van der Waals surface area contributed by atoms with Gasteiger partial charge in [-0.15, -0.1) is 11.3 Å². The van der Waals surface area contributed by atoms with Gasteiger partial charge in [-0.05, 0) is 32.0 Å². The van der Waals surface area contributed by atoms with Crippen LogP contribution in [0.2, 0.25) is 0 Å². The van der Waals surface area contributed by atoms with Crippen LogP contribution >= 0.6 is 11.3 Å². The minimum Gasteiger partial charge on any atom is -0.497 e. The summed E-state index contributed by atoms with van der Waals surface area (Å²) in [4.78, 5) is 36.8. The van der Waals surface area contributed by atoms with Crippen LogP contribution < -0.4 is 10.1 Å². The largest absolute Gasteiger partial charge is 0.497 e. The summed E-state index contributed by atoms with van der Waals surface area (Å²) < 4.78 is 15.1. The van der Waals surface area contributed by atoms with Gasteiger partial charge in [0.2, 0.25) is 0 Å². The number of hydrogen-bond donors (Lipinski definition) is 1. The number of anilines is 1. The fraction of sp³-hybridized carbons (Fsp3) is 0.278. The normalized spacial score (nSPS) is 10.1.